The molecule has 0 saturated heterocycles. The zero-order valence-electron chi connectivity index (χ0n) is 10.3. The Kier molecular flexibility index (Phi) is 4.39. The molecule has 0 radical (unpaired) electrons. The molecule has 0 aliphatic rings. The van der Waals surface area contributed by atoms with Crippen molar-refractivity contribution in [3.05, 3.63) is 46.4 Å². The number of nitrogens with two attached hydrogens (primary N) is 1. The molecule has 0 aliphatic heterocycles. The first-order valence-corrected chi connectivity index (χ1v) is 6.38. The number of rotatable bonds is 3. The van der Waals surface area contributed by atoms with Crippen LogP contribution in [0.15, 0.2) is 36.4 Å². The summed E-state index contributed by atoms with van der Waals surface area (Å²) in [6.45, 7) is 0. The van der Waals surface area contributed by atoms with E-state index in [0.717, 1.165) is 0 Å². The van der Waals surface area contributed by atoms with Crippen LogP contribution in [0, 0.1) is 0 Å². The highest BCUT2D eigenvalue weighted by Gasteiger charge is 2.32. The van der Waals surface area contributed by atoms with Crippen molar-refractivity contribution in [3.8, 4) is 5.75 Å². The molecule has 2 aromatic carbocycles. The highest BCUT2D eigenvalue weighted by atomic mass is 35.5. The van der Waals surface area contributed by atoms with Gasteiger partial charge in [-0.15, -0.1) is 13.2 Å². The monoisotopic (exact) mass is 336 g/mol. The number of halogens is 5. The van der Waals surface area contributed by atoms with Gasteiger partial charge in [-0.2, -0.15) is 0 Å². The highest BCUT2D eigenvalue weighted by molar-refractivity contribution is 6.39. The predicted molar refractivity (Wildman–Crippen MR) is 77.3 cm³/mol. The van der Waals surface area contributed by atoms with E-state index in [-0.39, 0.29) is 21.4 Å². The largest absolute Gasteiger partial charge is 0.573 e. The van der Waals surface area contributed by atoms with Crippen molar-refractivity contribution < 1.29 is 17.9 Å². The normalized spacial score (nSPS) is 11.3. The van der Waals surface area contributed by atoms with Crippen LogP contribution < -0.4 is 15.8 Å². The number of anilines is 3. The number of hydrogen-bond donors (Lipinski definition) is 2. The number of alkyl halides is 3. The molecule has 0 unspecified atom stereocenters. The summed E-state index contributed by atoms with van der Waals surface area (Å²) in [5, 5.41) is 3.08. The Morgan fingerprint density at radius 2 is 1.62 bits per heavy atom. The Morgan fingerprint density at radius 1 is 1.05 bits per heavy atom. The van der Waals surface area contributed by atoms with Crippen LogP contribution in [0.1, 0.15) is 0 Å². The van der Waals surface area contributed by atoms with Crippen LogP contribution >= 0.6 is 23.2 Å². The van der Waals surface area contributed by atoms with Crippen LogP contribution in [0.25, 0.3) is 0 Å². The minimum Gasteiger partial charge on any atom is -0.404 e. The number of para-hydroxylation sites is 2. The maximum absolute atomic E-state index is 12.4. The Balaban J connectivity index is 2.37. The minimum absolute atomic E-state index is 0.0726. The summed E-state index contributed by atoms with van der Waals surface area (Å²) in [6, 6.07) is 8.41. The quantitative estimate of drug-likeness (QED) is 0.755. The molecule has 0 aromatic heterocycles. The number of hydrogen-bond acceptors (Lipinski definition) is 3. The molecule has 0 amide bonds. The van der Waals surface area contributed by atoms with E-state index in [0.29, 0.717) is 5.69 Å². The second-order valence-corrected chi connectivity index (χ2v) is 4.84. The third kappa shape index (κ3) is 4.09. The fourth-order valence-electron chi connectivity index (χ4n) is 1.63. The molecule has 3 nitrogen and oxygen atoms in total. The molecule has 2 aromatic rings. The van der Waals surface area contributed by atoms with Gasteiger partial charge >= 0.3 is 6.36 Å². The van der Waals surface area contributed by atoms with Gasteiger partial charge in [-0.1, -0.05) is 35.3 Å². The Bertz CT molecular complexity index is 639. The van der Waals surface area contributed by atoms with Crippen molar-refractivity contribution in [1.82, 2.24) is 0 Å². The molecule has 112 valence electrons. The van der Waals surface area contributed by atoms with Crippen molar-refractivity contribution in [3.63, 3.8) is 0 Å². The lowest BCUT2D eigenvalue weighted by Crippen LogP contribution is -2.17. The summed E-state index contributed by atoms with van der Waals surface area (Å²) in [7, 11) is 0. The van der Waals surface area contributed by atoms with Crippen LogP contribution in [0.5, 0.6) is 5.75 Å². The van der Waals surface area contributed by atoms with Gasteiger partial charge in [0.25, 0.3) is 0 Å². The fourth-order valence-corrected chi connectivity index (χ4v) is 2.23. The topological polar surface area (TPSA) is 47.3 Å². The van der Waals surface area contributed by atoms with Crippen molar-refractivity contribution in [2.75, 3.05) is 11.1 Å². The second kappa shape index (κ2) is 5.91. The van der Waals surface area contributed by atoms with Gasteiger partial charge in [0.05, 0.1) is 21.4 Å². The molecular weight excluding hydrogens is 328 g/mol. The lowest BCUT2D eigenvalue weighted by atomic mass is 10.2. The van der Waals surface area contributed by atoms with Crippen LogP contribution in [0.2, 0.25) is 10.0 Å². The van der Waals surface area contributed by atoms with E-state index in [1.54, 1.807) is 6.07 Å². The van der Waals surface area contributed by atoms with E-state index in [1.807, 2.05) is 0 Å². The lowest BCUT2D eigenvalue weighted by Gasteiger charge is -2.16. The summed E-state index contributed by atoms with van der Waals surface area (Å²) in [5.41, 5.74) is 6.22. The molecule has 8 heteroatoms. The van der Waals surface area contributed by atoms with E-state index in [4.69, 9.17) is 28.9 Å². The molecule has 0 aliphatic carbocycles. The summed E-state index contributed by atoms with van der Waals surface area (Å²) in [6.07, 6.45) is -4.80. The van der Waals surface area contributed by atoms with Gasteiger partial charge in [0.15, 0.2) is 5.75 Å². The first-order chi connectivity index (χ1) is 9.76. The van der Waals surface area contributed by atoms with Gasteiger partial charge in [-0.05, 0) is 24.3 Å². The number of nitrogens with one attached hydrogen (secondary N) is 1. The number of nitrogen functional groups attached to an aromatic ring is 1. The second-order valence-electron chi connectivity index (χ2n) is 4.03. The SMILES string of the molecule is Nc1cc(Cl)c(Nc2ccccc2OC(F)(F)F)c(Cl)c1. The lowest BCUT2D eigenvalue weighted by molar-refractivity contribution is -0.274. The standard InChI is InChI=1S/C13H9Cl2F3N2O/c14-8-5-7(19)6-9(15)12(8)20-10-3-1-2-4-11(10)21-13(16,17)18/h1-6,20H,19H2. The van der Waals surface area contributed by atoms with E-state index >= 15 is 0 Å². The van der Waals surface area contributed by atoms with E-state index in [2.05, 4.69) is 10.1 Å². The van der Waals surface area contributed by atoms with Gasteiger partial charge < -0.3 is 15.8 Å². The first-order valence-electron chi connectivity index (χ1n) is 5.62. The van der Waals surface area contributed by atoms with Crippen LogP contribution in [0.4, 0.5) is 30.2 Å². The van der Waals surface area contributed by atoms with Gasteiger partial charge in [-0.3, -0.25) is 0 Å². The molecule has 0 fully saturated rings. The first kappa shape index (κ1) is 15.6. The molecule has 0 saturated carbocycles. The predicted octanol–water partition coefficient (Wildman–Crippen LogP) is 5.22. The molecule has 0 heterocycles. The molecular formula is C13H9Cl2F3N2O. The average Bonchev–Trinajstić information content (AvgIpc) is 2.33. The van der Waals surface area contributed by atoms with Gasteiger partial charge in [0.1, 0.15) is 0 Å². The average molecular weight is 337 g/mol. The minimum atomic E-state index is -4.80. The zero-order chi connectivity index (χ0) is 15.6. The molecule has 0 spiro atoms. The molecule has 3 N–H and O–H groups in total. The maximum Gasteiger partial charge on any atom is 0.573 e. The molecule has 2 rings (SSSR count). The number of ether oxygens (including phenoxy) is 1. The third-order valence-electron chi connectivity index (χ3n) is 2.44. The van der Waals surface area contributed by atoms with Crippen LogP contribution in [0.3, 0.4) is 0 Å². The molecule has 0 atom stereocenters. The third-order valence-corrected chi connectivity index (χ3v) is 3.03. The smallest absolute Gasteiger partial charge is 0.404 e. The summed E-state index contributed by atoms with van der Waals surface area (Å²) in [5.74, 6) is -0.394. The van der Waals surface area contributed by atoms with Crippen LogP contribution in [-0.2, 0) is 0 Å². The molecule has 21 heavy (non-hydrogen) atoms. The van der Waals surface area contributed by atoms with Gasteiger partial charge in [0.2, 0.25) is 0 Å². The Hall–Kier alpha value is -1.79. The fraction of sp³-hybridized carbons (Fsp3) is 0.0769. The van der Waals surface area contributed by atoms with Crippen LogP contribution in [-0.4, -0.2) is 6.36 Å². The summed E-state index contributed by atoms with van der Waals surface area (Å²) < 4.78 is 41.0. The van der Waals surface area contributed by atoms with E-state index < -0.39 is 12.1 Å². The Labute approximate surface area is 128 Å². The van der Waals surface area contributed by atoms with Gasteiger partial charge in [0, 0.05) is 5.69 Å². The van der Waals surface area contributed by atoms with Crippen molar-refractivity contribution in [2.24, 2.45) is 0 Å². The van der Waals surface area contributed by atoms with E-state index in [1.165, 1.54) is 30.3 Å². The Morgan fingerprint density at radius 3 is 2.19 bits per heavy atom. The number of benzene rings is 2. The zero-order valence-corrected chi connectivity index (χ0v) is 11.9. The summed E-state index contributed by atoms with van der Waals surface area (Å²) in [4.78, 5) is 0. The summed E-state index contributed by atoms with van der Waals surface area (Å²) >= 11 is 12.0. The van der Waals surface area contributed by atoms with Gasteiger partial charge in [-0.25, -0.2) is 0 Å². The van der Waals surface area contributed by atoms with Crippen molar-refractivity contribution in [2.45, 2.75) is 6.36 Å². The van der Waals surface area contributed by atoms with Crippen molar-refractivity contribution in [1.29, 1.82) is 0 Å². The van der Waals surface area contributed by atoms with Crippen molar-refractivity contribution >= 4 is 40.3 Å². The maximum atomic E-state index is 12.4. The van der Waals surface area contributed by atoms with E-state index in [9.17, 15) is 13.2 Å². The highest BCUT2D eigenvalue weighted by Crippen LogP contribution is 2.38. The molecule has 0 bridgehead atoms.